The van der Waals surface area contributed by atoms with Gasteiger partial charge in [0.05, 0.1) is 5.92 Å². The van der Waals surface area contributed by atoms with Gasteiger partial charge in [0.1, 0.15) is 0 Å². The normalized spacial score (nSPS) is 33.6. The smallest absolute Gasteiger partial charge is 0.311 e. The minimum atomic E-state index is -0.522. The average molecular weight is 425 g/mol. The van der Waals surface area contributed by atoms with Gasteiger partial charge in [-0.1, -0.05) is 19.1 Å². The zero-order chi connectivity index (χ0) is 21.6. The molecule has 6 rings (SSSR count). The van der Waals surface area contributed by atoms with Gasteiger partial charge in [-0.15, -0.1) is 0 Å². The van der Waals surface area contributed by atoms with Crippen LogP contribution in [-0.2, 0) is 25.5 Å². The summed E-state index contributed by atoms with van der Waals surface area (Å²) in [5.74, 6) is 0.978. The Balaban J connectivity index is 1.13. The van der Waals surface area contributed by atoms with Crippen LogP contribution in [0.3, 0.4) is 0 Å². The van der Waals surface area contributed by atoms with Crippen molar-refractivity contribution in [1.29, 1.82) is 0 Å². The largest absolute Gasteiger partial charge is 0.455 e. The van der Waals surface area contributed by atoms with Gasteiger partial charge < -0.3 is 15.0 Å². The highest BCUT2D eigenvalue weighted by Crippen LogP contribution is 2.55. The first-order chi connectivity index (χ1) is 14.9. The summed E-state index contributed by atoms with van der Waals surface area (Å²) in [6.45, 7) is 2.14. The van der Waals surface area contributed by atoms with Crippen molar-refractivity contribution in [3.63, 3.8) is 0 Å². The second-order valence-electron chi connectivity index (χ2n) is 10.3. The predicted molar refractivity (Wildman–Crippen MR) is 116 cm³/mol. The van der Waals surface area contributed by atoms with E-state index in [1.165, 1.54) is 24.8 Å². The third-order valence-electron chi connectivity index (χ3n) is 7.90. The van der Waals surface area contributed by atoms with Gasteiger partial charge in [0.25, 0.3) is 5.91 Å². The van der Waals surface area contributed by atoms with Crippen molar-refractivity contribution in [2.45, 2.75) is 63.8 Å². The van der Waals surface area contributed by atoms with E-state index in [0.29, 0.717) is 6.54 Å². The monoisotopic (exact) mass is 424 g/mol. The molecule has 6 heteroatoms. The highest BCUT2D eigenvalue weighted by Gasteiger charge is 2.51. The molecule has 1 aromatic carbocycles. The zero-order valence-electron chi connectivity index (χ0n) is 18.3. The molecular weight excluding hydrogens is 392 g/mol. The van der Waals surface area contributed by atoms with E-state index in [4.69, 9.17) is 4.74 Å². The van der Waals surface area contributed by atoms with Crippen molar-refractivity contribution in [2.75, 3.05) is 18.1 Å². The van der Waals surface area contributed by atoms with Gasteiger partial charge in [-0.05, 0) is 80.4 Å². The maximum absolute atomic E-state index is 12.6. The Bertz CT molecular complexity index is 843. The summed E-state index contributed by atoms with van der Waals surface area (Å²) in [5, 5.41) is 3.23. The van der Waals surface area contributed by atoms with Crippen molar-refractivity contribution in [3.05, 3.63) is 29.8 Å². The fourth-order valence-corrected chi connectivity index (χ4v) is 6.88. The van der Waals surface area contributed by atoms with Crippen LogP contribution in [0, 0.1) is 23.7 Å². The van der Waals surface area contributed by atoms with Gasteiger partial charge in [0, 0.05) is 24.2 Å². The van der Waals surface area contributed by atoms with Gasteiger partial charge in [-0.3, -0.25) is 14.4 Å². The first kappa shape index (κ1) is 20.5. The van der Waals surface area contributed by atoms with Crippen molar-refractivity contribution >= 4 is 23.5 Å². The van der Waals surface area contributed by atoms with E-state index in [0.717, 1.165) is 49.1 Å². The topological polar surface area (TPSA) is 75.7 Å². The van der Waals surface area contributed by atoms with Crippen molar-refractivity contribution in [3.8, 4) is 0 Å². The number of benzene rings is 1. The molecule has 1 aromatic rings. The van der Waals surface area contributed by atoms with Crippen LogP contribution in [0.25, 0.3) is 0 Å². The van der Waals surface area contributed by atoms with Crippen molar-refractivity contribution < 1.29 is 19.1 Å². The standard InChI is InChI=1S/C25H32N2O4/c1-2-16-3-5-21(6-4-16)27-14-20(10-23(27)29)24(30)31-15-22(28)26-25-11-17-7-18(12-25)9-19(8-17)13-25/h3-6,17-20H,2,7-15H2,1H3,(H,26,28)/t17?,18?,19?,20-,25?/m1/s1. The summed E-state index contributed by atoms with van der Waals surface area (Å²) < 4.78 is 5.34. The van der Waals surface area contributed by atoms with Crippen LogP contribution in [0.2, 0.25) is 0 Å². The Morgan fingerprint density at radius 1 is 1.06 bits per heavy atom. The molecular formula is C25H32N2O4. The van der Waals surface area contributed by atoms with Crippen LogP contribution in [0.5, 0.6) is 0 Å². The number of aryl methyl sites for hydroxylation is 1. The van der Waals surface area contributed by atoms with Crippen molar-refractivity contribution in [2.24, 2.45) is 23.7 Å². The number of hydrogen-bond donors (Lipinski definition) is 1. The van der Waals surface area contributed by atoms with Crippen LogP contribution >= 0.6 is 0 Å². The number of nitrogens with one attached hydrogen (secondary N) is 1. The molecule has 1 aliphatic heterocycles. The lowest BCUT2D eigenvalue weighted by Crippen LogP contribution is -2.60. The van der Waals surface area contributed by atoms with E-state index in [2.05, 4.69) is 12.2 Å². The van der Waals surface area contributed by atoms with E-state index < -0.39 is 11.9 Å². The highest BCUT2D eigenvalue weighted by molar-refractivity contribution is 5.99. The molecule has 6 nitrogen and oxygen atoms in total. The van der Waals surface area contributed by atoms with Crippen LogP contribution in [-0.4, -0.2) is 36.5 Å². The zero-order valence-corrected chi connectivity index (χ0v) is 18.3. The summed E-state index contributed by atoms with van der Waals surface area (Å²) in [7, 11) is 0. The molecule has 5 fully saturated rings. The van der Waals surface area contributed by atoms with Gasteiger partial charge >= 0.3 is 5.97 Å². The van der Waals surface area contributed by atoms with Crippen LogP contribution in [0.15, 0.2) is 24.3 Å². The lowest BCUT2D eigenvalue weighted by atomic mass is 9.53. The van der Waals surface area contributed by atoms with Gasteiger partial charge in [0.15, 0.2) is 6.61 Å². The molecule has 5 aliphatic rings. The quantitative estimate of drug-likeness (QED) is 0.712. The third-order valence-corrected chi connectivity index (χ3v) is 7.90. The number of carbonyl (C=O) groups excluding carboxylic acids is 3. The van der Waals surface area contributed by atoms with Gasteiger partial charge in [-0.2, -0.15) is 0 Å². The summed E-state index contributed by atoms with van der Waals surface area (Å²) in [4.78, 5) is 39.2. The van der Waals surface area contributed by atoms with E-state index in [-0.39, 0.29) is 30.4 Å². The number of amides is 2. The molecule has 1 saturated heterocycles. The SMILES string of the molecule is CCc1ccc(N2C[C@H](C(=O)OCC(=O)NC34CC5CC(CC(C5)C3)C4)CC2=O)cc1. The molecule has 1 heterocycles. The minimum Gasteiger partial charge on any atom is -0.455 e. The summed E-state index contributed by atoms with van der Waals surface area (Å²) in [6, 6.07) is 7.85. The second kappa shape index (κ2) is 7.95. The highest BCUT2D eigenvalue weighted by atomic mass is 16.5. The number of nitrogens with zero attached hydrogens (tertiary/aromatic N) is 1. The van der Waals surface area contributed by atoms with Gasteiger partial charge in [0.2, 0.25) is 5.91 Å². The summed E-state index contributed by atoms with van der Waals surface area (Å²) in [5.41, 5.74) is 1.93. The van der Waals surface area contributed by atoms with Crippen molar-refractivity contribution in [1.82, 2.24) is 5.32 Å². The molecule has 0 unspecified atom stereocenters. The van der Waals surface area contributed by atoms with Crippen LogP contribution in [0.4, 0.5) is 5.69 Å². The van der Waals surface area contributed by atoms with E-state index in [9.17, 15) is 14.4 Å². The molecule has 4 bridgehead atoms. The molecule has 2 amide bonds. The average Bonchev–Trinajstić information content (AvgIpc) is 3.12. The van der Waals surface area contributed by atoms with Crippen LogP contribution in [0.1, 0.15) is 57.4 Å². The lowest BCUT2D eigenvalue weighted by Gasteiger charge is -2.56. The molecule has 0 radical (unpaired) electrons. The molecule has 4 aliphatic carbocycles. The Morgan fingerprint density at radius 3 is 2.26 bits per heavy atom. The summed E-state index contributed by atoms with van der Waals surface area (Å²) in [6.07, 6.45) is 8.23. The lowest BCUT2D eigenvalue weighted by molar-refractivity contribution is -0.153. The summed E-state index contributed by atoms with van der Waals surface area (Å²) >= 11 is 0. The Hall–Kier alpha value is -2.37. The first-order valence-electron chi connectivity index (χ1n) is 11.8. The Kier molecular flexibility index (Phi) is 5.27. The molecule has 0 aromatic heterocycles. The number of carbonyl (C=O) groups is 3. The third kappa shape index (κ3) is 4.09. The number of ether oxygens (including phenoxy) is 1. The van der Waals surface area contributed by atoms with E-state index in [1.807, 2.05) is 24.3 Å². The molecule has 4 saturated carbocycles. The number of hydrogen-bond acceptors (Lipinski definition) is 4. The molecule has 31 heavy (non-hydrogen) atoms. The van der Waals surface area contributed by atoms with E-state index in [1.54, 1.807) is 4.90 Å². The fourth-order valence-electron chi connectivity index (χ4n) is 6.88. The Morgan fingerprint density at radius 2 is 1.68 bits per heavy atom. The molecule has 0 spiro atoms. The minimum absolute atomic E-state index is 0.0794. The molecule has 1 atom stereocenters. The maximum atomic E-state index is 12.6. The Labute approximate surface area is 183 Å². The number of rotatable bonds is 6. The number of esters is 1. The van der Waals surface area contributed by atoms with E-state index >= 15 is 0 Å². The first-order valence-corrected chi connectivity index (χ1v) is 11.8. The van der Waals surface area contributed by atoms with Gasteiger partial charge in [-0.25, -0.2) is 0 Å². The second-order valence-corrected chi connectivity index (χ2v) is 10.3. The molecule has 1 N–H and O–H groups in total. The van der Waals surface area contributed by atoms with Crippen LogP contribution < -0.4 is 10.2 Å². The predicted octanol–water partition coefficient (Wildman–Crippen LogP) is 3.23. The fraction of sp³-hybridized carbons (Fsp3) is 0.640. The molecule has 166 valence electrons. The maximum Gasteiger partial charge on any atom is 0.311 e. The number of anilines is 1.